The number of hydrogen-bond donors (Lipinski definition) is 1. The van der Waals surface area contributed by atoms with Crippen molar-refractivity contribution < 1.29 is 4.79 Å². The van der Waals surface area contributed by atoms with Crippen molar-refractivity contribution >= 4 is 24.0 Å². The van der Waals surface area contributed by atoms with E-state index in [1.807, 2.05) is 42.5 Å². The zero-order valence-electron chi connectivity index (χ0n) is 10.1. The number of fused-ring (bicyclic) bond motifs is 1. The van der Waals surface area contributed by atoms with Gasteiger partial charge in [0, 0.05) is 11.8 Å². The fourth-order valence-electron chi connectivity index (χ4n) is 1.84. The molecular formula is C15H11N3O. The van der Waals surface area contributed by atoms with Crippen molar-refractivity contribution in [1.29, 1.82) is 0 Å². The van der Waals surface area contributed by atoms with Crippen LogP contribution in [0.3, 0.4) is 0 Å². The summed E-state index contributed by atoms with van der Waals surface area (Å²) in [5.41, 5.74) is 6.19. The van der Waals surface area contributed by atoms with Crippen LogP contribution >= 0.6 is 0 Å². The largest absolute Gasteiger partial charge is 0.279 e. The summed E-state index contributed by atoms with van der Waals surface area (Å²) in [6, 6.07) is 15.2. The number of nitrogens with one attached hydrogen (secondary N) is 1. The van der Waals surface area contributed by atoms with E-state index >= 15 is 0 Å². The number of amides is 1. The molecule has 0 saturated carbocycles. The van der Waals surface area contributed by atoms with Gasteiger partial charge >= 0.3 is 0 Å². The summed E-state index contributed by atoms with van der Waals surface area (Å²) in [7, 11) is 0. The highest BCUT2D eigenvalue weighted by molar-refractivity contribution is 6.13. The van der Waals surface area contributed by atoms with Gasteiger partial charge in [-0.15, -0.1) is 0 Å². The Kier molecular flexibility index (Phi) is 2.90. The minimum Gasteiger partial charge on any atom is -0.279 e. The van der Waals surface area contributed by atoms with E-state index in [2.05, 4.69) is 15.5 Å². The fraction of sp³-hybridized carbons (Fsp3) is 0. The van der Waals surface area contributed by atoms with Gasteiger partial charge in [-0.25, -0.2) is 4.99 Å². The number of hydrazone groups is 1. The van der Waals surface area contributed by atoms with Gasteiger partial charge in [0.2, 0.25) is 0 Å². The Morgan fingerprint density at radius 2 is 1.95 bits per heavy atom. The van der Waals surface area contributed by atoms with Crippen LogP contribution in [0.4, 0.5) is 5.69 Å². The van der Waals surface area contributed by atoms with Crippen LogP contribution in [0.2, 0.25) is 0 Å². The summed E-state index contributed by atoms with van der Waals surface area (Å²) < 4.78 is 0. The summed E-state index contributed by atoms with van der Waals surface area (Å²) in [6.07, 6.45) is 3.26. The molecule has 2 aromatic carbocycles. The summed E-state index contributed by atoms with van der Waals surface area (Å²) >= 11 is 0. The predicted octanol–water partition coefficient (Wildman–Crippen LogP) is 2.71. The van der Waals surface area contributed by atoms with E-state index in [4.69, 9.17) is 0 Å². The smallest absolute Gasteiger partial charge is 0.277 e. The molecule has 0 aromatic heterocycles. The molecule has 4 heteroatoms. The predicted molar refractivity (Wildman–Crippen MR) is 76.0 cm³/mol. The first-order valence-corrected chi connectivity index (χ1v) is 5.89. The van der Waals surface area contributed by atoms with Gasteiger partial charge < -0.3 is 0 Å². The maximum absolute atomic E-state index is 11.5. The zero-order valence-corrected chi connectivity index (χ0v) is 10.1. The number of hydrogen-bond acceptors (Lipinski definition) is 3. The lowest BCUT2D eigenvalue weighted by Crippen LogP contribution is -1.95. The van der Waals surface area contributed by atoms with Gasteiger partial charge in [-0.05, 0) is 23.8 Å². The Morgan fingerprint density at radius 1 is 1.11 bits per heavy atom. The highest BCUT2D eigenvalue weighted by Crippen LogP contribution is 2.15. The number of para-hydroxylation sites is 1. The van der Waals surface area contributed by atoms with Crippen molar-refractivity contribution in [2.45, 2.75) is 0 Å². The van der Waals surface area contributed by atoms with E-state index in [0.717, 1.165) is 16.8 Å². The van der Waals surface area contributed by atoms with E-state index in [-0.39, 0.29) is 5.91 Å². The van der Waals surface area contributed by atoms with Crippen molar-refractivity contribution in [1.82, 2.24) is 0 Å². The van der Waals surface area contributed by atoms with Gasteiger partial charge in [0.1, 0.15) is 0 Å². The van der Waals surface area contributed by atoms with Gasteiger partial charge in [-0.1, -0.05) is 30.3 Å². The fourth-order valence-corrected chi connectivity index (χ4v) is 1.84. The van der Waals surface area contributed by atoms with Crippen LogP contribution in [-0.4, -0.2) is 18.3 Å². The Bertz CT molecular complexity index is 675. The van der Waals surface area contributed by atoms with Gasteiger partial charge in [-0.2, -0.15) is 5.10 Å². The average Bonchev–Trinajstić information content (AvgIpc) is 2.82. The Morgan fingerprint density at radius 3 is 2.79 bits per heavy atom. The van der Waals surface area contributed by atoms with Crippen molar-refractivity contribution in [2.24, 2.45) is 10.1 Å². The van der Waals surface area contributed by atoms with Crippen molar-refractivity contribution in [3.63, 3.8) is 0 Å². The van der Waals surface area contributed by atoms with Gasteiger partial charge in [-0.3, -0.25) is 10.2 Å². The van der Waals surface area contributed by atoms with Gasteiger partial charge in [0.05, 0.1) is 17.5 Å². The molecule has 0 unspecified atom stereocenters. The molecule has 1 N–H and O–H groups in total. The molecule has 1 aliphatic heterocycles. The Labute approximate surface area is 110 Å². The molecule has 0 bridgehead atoms. The van der Waals surface area contributed by atoms with Gasteiger partial charge in [0.25, 0.3) is 5.91 Å². The van der Waals surface area contributed by atoms with Crippen LogP contribution in [0, 0.1) is 0 Å². The minimum absolute atomic E-state index is 0.193. The molecule has 0 saturated heterocycles. The molecule has 0 fully saturated rings. The summed E-state index contributed by atoms with van der Waals surface area (Å²) in [6.45, 7) is 0. The van der Waals surface area contributed by atoms with Crippen LogP contribution in [0.1, 0.15) is 21.5 Å². The number of nitrogens with zero attached hydrogens (tertiary/aromatic N) is 2. The van der Waals surface area contributed by atoms with E-state index in [1.54, 1.807) is 18.5 Å². The number of carbonyl (C=O) groups excluding carboxylic acids is 1. The first-order chi connectivity index (χ1) is 9.33. The van der Waals surface area contributed by atoms with E-state index < -0.39 is 0 Å². The van der Waals surface area contributed by atoms with E-state index in [9.17, 15) is 4.79 Å². The van der Waals surface area contributed by atoms with Crippen molar-refractivity contribution in [3.05, 3.63) is 65.2 Å². The van der Waals surface area contributed by atoms with Gasteiger partial charge in [0.15, 0.2) is 0 Å². The second kappa shape index (κ2) is 4.86. The van der Waals surface area contributed by atoms with Crippen LogP contribution in [0.5, 0.6) is 0 Å². The third-order valence-electron chi connectivity index (χ3n) is 2.81. The number of anilines is 1. The third-order valence-corrected chi connectivity index (χ3v) is 2.81. The highest BCUT2D eigenvalue weighted by Gasteiger charge is 2.14. The SMILES string of the molecule is O=C1N=Cc2ccc(C=NNc3ccccc3)cc21. The molecule has 2 aromatic rings. The zero-order chi connectivity index (χ0) is 13.1. The monoisotopic (exact) mass is 249 g/mol. The molecule has 4 nitrogen and oxygen atoms in total. The first kappa shape index (κ1) is 11.3. The number of rotatable bonds is 3. The topological polar surface area (TPSA) is 53.8 Å². The molecule has 0 spiro atoms. The van der Waals surface area contributed by atoms with Crippen LogP contribution in [0.25, 0.3) is 0 Å². The second-order valence-corrected chi connectivity index (χ2v) is 4.15. The number of carbonyl (C=O) groups is 1. The maximum Gasteiger partial charge on any atom is 0.277 e. The molecule has 3 rings (SSSR count). The Hall–Kier alpha value is -2.75. The Balaban J connectivity index is 1.74. The molecule has 0 aliphatic carbocycles. The second-order valence-electron chi connectivity index (χ2n) is 4.15. The highest BCUT2D eigenvalue weighted by atomic mass is 16.1. The van der Waals surface area contributed by atoms with Crippen LogP contribution < -0.4 is 5.43 Å². The molecule has 1 amide bonds. The lowest BCUT2D eigenvalue weighted by atomic mass is 10.1. The molecule has 92 valence electrons. The van der Waals surface area contributed by atoms with Crippen molar-refractivity contribution in [2.75, 3.05) is 5.43 Å². The number of benzene rings is 2. The van der Waals surface area contributed by atoms with Crippen molar-refractivity contribution in [3.8, 4) is 0 Å². The normalized spacial score (nSPS) is 12.9. The quantitative estimate of drug-likeness (QED) is 0.671. The lowest BCUT2D eigenvalue weighted by molar-refractivity contribution is 0.101. The maximum atomic E-state index is 11.5. The van der Waals surface area contributed by atoms with Crippen LogP contribution in [0.15, 0.2) is 58.6 Å². The third kappa shape index (κ3) is 2.42. The summed E-state index contributed by atoms with van der Waals surface area (Å²) in [4.78, 5) is 15.2. The number of aliphatic imine (C=N–C) groups is 1. The minimum atomic E-state index is -0.193. The standard InChI is InChI=1S/C15H11N3O/c19-15-14-8-11(6-7-12(14)10-16-15)9-17-18-13-4-2-1-3-5-13/h1-10,18H. The summed E-state index contributed by atoms with van der Waals surface area (Å²) in [5.74, 6) is -0.193. The molecule has 1 heterocycles. The van der Waals surface area contributed by atoms with E-state index in [0.29, 0.717) is 5.56 Å². The summed E-state index contributed by atoms with van der Waals surface area (Å²) in [5, 5.41) is 4.14. The first-order valence-electron chi connectivity index (χ1n) is 5.89. The average molecular weight is 249 g/mol. The lowest BCUT2D eigenvalue weighted by Gasteiger charge is -2.00. The van der Waals surface area contributed by atoms with E-state index in [1.165, 1.54) is 0 Å². The molecule has 0 atom stereocenters. The molecule has 0 radical (unpaired) electrons. The molecule has 19 heavy (non-hydrogen) atoms. The van der Waals surface area contributed by atoms with Crippen LogP contribution in [-0.2, 0) is 0 Å². The molecular weight excluding hydrogens is 238 g/mol. The molecule has 1 aliphatic rings.